The summed E-state index contributed by atoms with van der Waals surface area (Å²) in [5, 5.41) is 2.31. The molecule has 0 aliphatic carbocycles. The van der Waals surface area contributed by atoms with Crippen molar-refractivity contribution in [3.8, 4) is 0 Å². The molecule has 2 aromatic rings. The Hall–Kier alpha value is -1.22. The smallest absolute Gasteiger partial charge is 0.139 e. The Kier molecular flexibility index (Phi) is 2.25. The number of hydrogen-bond donors (Lipinski definition) is 0. The molecule has 75 valence electrons. The van der Waals surface area contributed by atoms with Gasteiger partial charge in [0.1, 0.15) is 5.82 Å². The lowest BCUT2D eigenvalue weighted by molar-refractivity contribution is 0.975. The first-order valence-corrected chi connectivity index (χ1v) is 6.06. The Morgan fingerprint density at radius 1 is 1.33 bits per heavy atom. The van der Waals surface area contributed by atoms with Gasteiger partial charge in [0, 0.05) is 17.7 Å². The highest BCUT2D eigenvalue weighted by molar-refractivity contribution is 8.00. The molecule has 2 nitrogen and oxygen atoms in total. The highest BCUT2D eigenvalue weighted by Gasteiger charge is 2.14. The van der Waals surface area contributed by atoms with Gasteiger partial charge in [-0.05, 0) is 29.8 Å². The van der Waals surface area contributed by atoms with Gasteiger partial charge in [-0.1, -0.05) is 24.3 Å². The number of nitrogens with zero attached hydrogens (tertiary/aromatic N) is 2. The molecule has 0 unspecified atom stereocenters. The van der Waals surface area contributed by atoms with Crippen molar-refractivity contribution < 1.29 is 0 Å². The van der Waals surface area contributed by atoms with E-state index in [0.717, 1.165) is 17.7 Å². The van der Waals surface area contributed by atoms with E-state index in [-0.39, 0.29) is 0 Å². The average Bonchev–Trinajstić information content (AvgIpc) is 2.82. The van der Waals surface area contributed by atoms with Crippen molar-refractivity contribution in [1.29, 1.82) is 0 Å². The highest BCUT2D eigenvalue weighted by atomic mass is 32.2. The van der Waals surface area contributed by atoms with Crippen LogP contribution in [0.15, 0.2) is 30.3 Å². The Morgan fingerprint density at radius 3 is 3.13 bits per heavy atom. The van der Waals surface area contributed by atoms with Crippen LogP contribution in [0.25, 0.3) is 10.8 Å². The predicted molar refractivity (Wildman–Crippen MR) is 65.0 cm³/mol. The van der Waals surface area contributed by atoms with Gasteiger partial charge in [-0.2, -0.15) is 0 Å². The molecule has 0 amide bonds. The van der Waals surface area contributed by atoms with Crippen molar-refractivity contribution in [3.05, 3.63) is 36.5 Å². The van der Waals surface area contributed by atoms with Crippen LogP contribution in [0, 0.1) is 6.20 Å². The first kappa shape index (κ1) is 9.04. The monoisotopic (exact) mass is 215 g/mol. The van der Waals surface area contributed by atoms with Crippen molar-refractivity contribution in [2.24, 2.45) is 0 Å². The van der Waals surface area contributed by atoms with Gasteiger partial charge in [-0.15, -0.1) is 0 Å². The highest BCUT2D eigenvalue weighted by Crippen LogP contribution is 2.28. The quantitative estimate of drug-likeness (QED) is 0.680. The van der Waals surface area contributed by atoms with Crippen molar-refractivity contribution >= 4 is 28.5 Å². The summed E-state index contributed by atoms with van der Waals surface area (Å²) in [6.45, 7) is 1.10. The van der Waals surface area contributed by atoms with Crippen molar-refractivity contribution in [3.63, 3.8) is 0 Å². The molecule has 0 atom stereocenters. The Balaban J connectivity index is 2.05. The van der Waals surface area contributed by atoms with Crippen molar-refractivity contribution in [2.75, 3.05) is 16.6 Å². The van der Waals surface area contributed by atoms with Gasteiger partial charge in [-0.25, -0.2) is 4.98 Å². The lowest BCUT2D eigenvalue weighted by Crippen LogP contribution is -2.10. The van der Waals surface area contributed by atoms with Crippen LogP contribution < -0.4 is 4.31 Å². The number of benzene rings is 1. The fourth-order valence-electron chi connectivity index (χ4n) is 1.77. The average molecular weight is 215 g/mol. The van der Waals surface area contributed by atoms with E-state index in [1.165, 1.54) is 17.6 Å². The minimum Gasteiger partial charge on any atom is -0.301 e. The fourth-order valence-corrected chi connectivity index (χ4v) is 2.73. The summed E-state index contributed by atoms with van der Waals surface area (Å²) in [6.07, 6.45) is 4.34. The molecule has 15 heavy (non-hydrogen) atoms. The van der Waals surface area contributed by atoms with Crippen LogP contribution in [-0.4, -0.2) is 17.3 Å². The molecule has 1 aromatic heterocycles. The van der Waals surface area contributed by atoms with Crippen LogP contribution >= 0.6 is 11.9 Å². The lowest BCUT2D eigenvalue weighted by atomic mass is 10.2. The zero-order valence-corrected chi connectivity index (χ0v) is 9.13. The molecule has 3 heteroatoms. The van der Waals surface area contributed by atoms with Crippen LogP contribution in [-0.2, 0) is 0 Å². The lowest BCUT2D eigenvalue weighted by Gasteiger charge is -2.14. The standard InChI is InChI=1S/C12H11N2S/c1-2-5-11-9-13-12(8-10(11)4-1)14-6-3-7-15-14/h1-2,4-5,8H,3,6-7H2. The molecule has 1 fully saturated rings. The number of aromatic nitrogens is 1. The van der Waals surface area contributed by atoms with Crippen LogP contribution in [0.1, 0.15) is 6.42 Å². The van der Waals surface area contributed by atoms with Gasteiger partial charge in [0.15, 0.2) is 0 Å². The zero-order valence-electron chi connectivity index (χ0n) is 8.31. The normalized spacial score (nSPS) is 16.1. The van der Waals surface area contributed by atoms with E-state index in [1.807, 2.05) is 24.1 Å². The van der Waals surface area contributed by atoms with Gasteiger partial charge in [0.25, 0.3) is 0 Å². The Morgan fingerprint density at radius 2 is 2.27 bits per heavy atom. The summed E-state index contributed by atoms with van der Waals surface area (Å²) < 4.78 is 2.25. The molecule has 0 spiro atoms. The van der Waals surface area contributed by atoms with E-state index >= 15 is 0 Å². The summed E-state index contributed by atoms with van der Waals surface area (Å²) >= 11 is 1.85. The minimum absolute atomic E-state index is 1.04. The largest absolute Gasteiger partial charge is 0.301 e. The Labute approximate surface area is 93.4 Å². The summed E-state index contributed by atoms with van der Waals surface area (Å²) in [7, 11) is 0. The van der Waals surface area contributed by atoms with Crippen LogP contribution in [0.3, 0.4) is 0 Å². The predicted octanol–water partition coefficient (Wildman–Crippen LogP) is 2.89. The van der Waals surface area contributed by atoms with Crippen LogP contribution in [0.5, 0.6) is 0 Å². The number of anilines is 1. The third-order valence-electron chi connectivity index (χ3n) is 2.54. The number of hydrogen-bond acceptors (Lipinski definition) is 3. The Bertz CT molecular complexity index is 478. The SMILES string of the molecule is [c]1nc(N2CCCS2)cc2ccccc12. The van der Waals surface area contributed by atoms with Crippen molar-refractivity contribution in [2.45, 2.75) is 6.42 Å². The van der Waals surface area contributed by atoms with E-state index < -0.39 is 0 Å². The van der Waals surface area contributed by atoms with Gasteiger partial charge in [0.2, 0.25) is 0 Å². The van der Waals surface area contributed by atoms with Gasteiger partial charge in [-0.3, -0.25) is 0 Å². The maximum atomic E-state index is 4.37. The van der Waals surface area contributed by atoms with E-state index in [0.29, 0.717) is 0 Å². The van der Waals surface area contributed by atoms with Crippen LogP contribution in [0.2, 0.25) is 0 Å². The molecular weight excluding hydrogens is 204 g/mol. The minimum atomic E-state index is 1.04. The van der Waals surface area contributed by atoms with Gasteiger partial charge >= 0.3 is 0 Å². The summed E-state index contributed by atoms with van der Waals surface area (Å²) in [6, 6.07) is 10.4. The summed E-state index contributed by atoms with van der Waals surface area (Å²) in [5.41, 5.74) is 0. The molecule has 1 saturated heterocycles. The maximum absolute atomic E-state index is 4.37. The molecule has 1 aliphatic rings. The second-order valence-electron chi connectivity index (χ2n) is 3.60. The molecule has 1 radical (unpaired) electrons. The van der Waals surface area contributed by atoms with E-state index in [9.17, 15) is 0 Å². The topological polar surface area (TPSA) is 16.1 Å². The van der Waals surface area contributed by atoms with E-state index in [2.05, 4.69) is 33.7 Å². The number of pyridine rings is 1. The maximum Gasteiger partial charge on any atom is 0.139 e. The first-order valence-electron chi connectivity index (χ1n) is 5.11. The fraction of sp³-hybridized carbons (Fsp3) is 0.250. The second kappa shape index (κ2) is 3.74. The van der Waals surface area contributed by atoms with E-state index in [1.54, 1.807) is 0 Å². The summed E-state index contributed by atoms with van der Waals surface area (Å²) in [5.74, 6) is 2.24. The molecule has 0 N–H and O–H groups in total. The third kappa shape index (κ3) is 1.67. The molecule has 1 aromatic carbocycles. The number of rotatable bonds is 1. The van der Waals surface area contributed by atoms with Gasteiger partial charge in [0.05, 0.1) is 6.20 Å². The zero-order chi connectivity index (χ0) is 10.1. The number of fused-ring (bicyclic) bond motifs is 1. The van der Waals surface area contributed by atoms with Crippen LogP contribution in [0.4, 0.5) is 5.82 Å². The molecule has 0 saturated carbocycles. The summed E-state index contributed by atoms with van der Waals surface area (Å²) in [4.78, 5) is 4.37. The third-order valence-corrected chi connectivity index (χ3v) is 3.70. The molecule has 3 rings (SSSR count). The van der Waals surface area contributed by atoms with Crippen molar-refractivity contribution in [1.82, 2.24) is 4.98 Å². The molecular formula is C12H11N2S. The van der Waals surface area contributed by atoms with E-state index in [4.69, 9.17) is 0 Å². The molecule has 2 heterocycles. The molecule has 1 aliphatic heterocycles. The first-order chi connectivity index (χ1) is 7.43. The molecule has 0 bridgehead atoms. The van der Waals surface area contributed by atoms with Gasteiger partial charge < -0.3 is 4.31 Å². The second-order valence-corrected chi connectivity index (χ2v) is 4.71.